The summed E-state index contributed by atoms with van der Waals surface area (Å²) < 4.78 is 13.8. The van der Waals surface area contributed by atoms with E-state index in [0.29, 0.717) is 11.5 Å². The van der Waals surface area contributed by atoms with Crippen LogP contribution in [0.1, 0.15) is 45.6 Å². The first-order valence-corrected chi connectivity index (χ1v) is 6.10. The summed E-state index contributed by atoms with van der Waals surface area (Å²) in [5.74, 6) is 0.106. The molecule has 2 unspecified atom stereocenters. The van der Waals surface area contributed by atoms with Crippen molar-refractivity contribution >= 4 is 0 Å². The van der Waals surface area contributed by atoms with Gasteiger partial charge in [0.2, 0.25) is 0 Å². The van der Waals surface area contributed by atoms with Crippen LogP contribution in [-0.4, -0.2) is 0 Å². The summed E-state index contributed by atoms with van der Waals surface area (Å²) in [6.07, 6.45) is 2.86. The zero-order valence-electron chi connectivity index (χ0n) is 10.5. The third-order valence-corrected chi connectivity index (χ3v) is 3.56. The highest BCUT2D eigenvalue weighted by Crippen LogP contribution is 2.34. The summed E-state index contributed by atoms with van der Waals surface area (Å²) in [5, 5.41) is 0. The first-order chi connectivity index (χ1) is 7.56. The van der Waals surface area contributed by atoms with Crippen molar-refractivity contribution in [2.24, 2.45) is 11.7 Å². The van der Waals surface area contributed by atoms with E-state index >= 15 is 0 Å². The summed E-state index contributed by atoms with van der Waals surface area (Å²) >= 11 is 0. The highest BCUT2D eigenvalue weighted by molar-refractivity contribution is 5.26. The van der Waals surface area contributed by atoms with Gasteiger partial charge in [-0.1, -0.05) is 45.4 Å². The predicted octanol–water partition coefficient (Wildman–Crippen LogP) is 3.83. The van der Waals surface area contributed by atoms with Crippen LogP contribution in [0.5, 0.6) is 0 Å². The van der Waals surface area contributed by atoms with Crippen molar-refractivity contribution < 1.29 is 4.39 Å². The molecule has 0 aliphatic rings. The summed E-state index contributed by atoms with van der Waals surface area (Å²) in [4.78, 5) is 0. The molecule has 0 bridgehead atoms. The first-order valence-electron chi connectivity index (χ1n) is 6.10. The van der Waals surface area contributed by atoms with Crippen LogP contribution in [-0.2, 0) is 5.54 Å². The van der Waals surface area contributed by atoms with E-state index in [1.54, 1.807) is 6.07 Å². The van der Waals surface area contributed by atoms with Crippen LogP contribution in [0.2, 0.25) is 0 Å². The van der Waals surface area contributed by atoms with Crippen LogP contribution in [0.3, 0.4) is 0 Å². The summed E-state index contributed by atoms with van der Waals surface area (Å²) in [7, 11) is 0. The topological polar surface area (TPSA) is 26.0 Å². The fourth-order valence-electron chi connectivity index (χ4n) is 2.33. The lowest BCUT2D eigenvalue weighted by atomic mass is 9.75. The molecular weight excluding hydrogens is 201 g/mol. The van der Waals surface area contributed by atoms with Crippen LogP contribution in [0.4, 0.5) is 4.39 Å². The zero-order chi connectivity index (χ0) is 12.2. The Balaban J connectivity index is 3.09. The van der Waals surface area contributed by atoms with Crippen molar-refractivity contribution in [1.29, 1.82) is 0 Å². The summed E-state index contributed by atoms with van der Waals surface area (Å²) in [6, 6.07) is 6.87. The van der Waals surface area contributed by atoms with Crippen LogP contribution >= 0.6 is 0 Å². The van der Waals surface area contributed by atoms with Crippen molar-refractivity contribution in [2.75, 3.05) is 0 Å². The van der Waals surface area contributed by atoms with Crippen molar-refractivity contribution in [3.8, 4) is 0 Å². The lowest BCUT2D eigenvalue weighted by molar-refractivity contribution is 0.259. The van der Waals surface area contributed by atoms with Gasteiger partial charge in [-0.2, -0.15) is 0 Å². The number of nitrogens with two attached hydrogens (primary N) is 1. The maximum Gasteiger partial charge on any atom is 0.128 e. The molecule has 16 heavy (non-hydrogen) atoms. The van der Waals surface area contributed by atoms with Gasteiger partial charge in [-0.3, -0.25) is 0 Å². The molecule has 0 aromatic heterocycles. The van der Waals surface area contributed by atoms with Gasteiger partial charge in [0.1, 0.15) is 5.82 Å². The number of hydrogen-bond acceptors (Lipinski definition) is 1. The molecule has 1 aromatic carbocycles. The first kappa shape index (κ1) is 13.2. The number of halogens is 1. The van der Waals surface area contributed by atoms with Crippen molar-refractivity contribution in [3.05, 3.63) is 35.6 Å². The molecule has 0 amide bonds. The molecule has 0 spiro atoms. The van der Waals surface area contributed by atoms with Gasteiger partial charge in [0.15, 0.2) is 0 Å². The maximum absolute atomic E-state index is 13.8. The van der Waals surface area contributed by atoms with Gasteiger partial charge in [-0.15, -0.1) is 0 Å². The molecule has 2 N–H and O–H groups in total. The van der Waals surface area contributed by atoms with Gasteiger partial charge in [-0.05, 0) is 24.8 Å². The van der Waals surface area contributed by atoms with Crippen molar-refractivity contribution in [3.63, 3.8) is 0 Å². The van der Waals surface area contributed by atoms with E-state index in [-0.39, 0.29) is 5.82 Å². The van der Waals surface area contributed by atoms with Gasteiger partial charge >= 0.3 is 0 Å². The van der Waals surface area contributed by atoms with Gasteiger partial charge < -0.3 is 5.73 Å². The second kappa shape index (κ2) is 5.44. The van der Waals surface area contributed by atoms with E-state index < -0.39 is 5.54 Å². The number of rotatable bonds is 5. The quantitative estimate of drug-likeness (QED) is 0.806. The van der Waals surface area contributed by atoms with E-state index in [1.165, 1.54) is 6.07 Å². The summed E-state index contributed by atoms with van der Waals surface area (Å²) in [5.41, 5.74) is 6.52. The fraction of sp³-hybridized carbons (Fsp3) is 0.571. The third-order valence-electron chi connectivity index (χ3n) is 3.56. The van der Waals surface area contributed by atoms with Gasteiger partial charge in [-0.25, -0.2) is 4.39 Å². The normalized spacial score (nSPS) is 16.8. The average molecular weight is 223 g/mol. The molecule has 90 valence electrons. The minimum Gasteiger partial charge on any atom is -0.321 e. The second-order valence-electron chi connectivity index (χ2n) is 4.56. The molecule has 0 aliphatic heterocycles. The molecule has 0 saturated heterocycles. The Morgan fingerprint density at radius 1 is 1.31 bits per heavy atom. The Hall–Kier alpha value is -0.890. The molecule has 2 heteroatoms. The monoisotopic (exact) mass is 223 g/mol. The smallest absolute Gasteiger partial charge is 0.128 e. The van der Waals surface area contributed by atoms with Crippen LogP contribution in [0.15, 0.2) is 24.3 Å². The van der Waals surface area contributed by atoms with E-state index in [0.717, 1.165) is 19.3 Å². The van der Waals surface area contributed by atoms with Gasteiger partial charge in [0.25, 0.3) is 0 Å². The molecule has 0 fully saturated rings. The zero-order valence-corrected chi connectivity index (χ0v) is 10.5. The standard InChI is InChI=1S/C14H22FN/c1-4-8-11(3)14(16,5-2)12-9-6-7-10-13(12)15/h6-7,9-11H,4-5,8,16H2,1-3H3. The fourth-order valence-corrected chi connectivity index (χ4v) is 2.33. The Labute approximate surface area is 97.9 Å². The Kier molecular flexibility index (Phi) is 4.48. The minimum atomic E-state index is -0.540. The van der Waals surface area contributed by atoms with E-state index in [2.05, 4.69) is 13.8 Å². The molecule has 1 rings (SSSR count). The molecule has 1 nitrogen and oxygen atoms in total. The third kappa shape index (κ3) is 2.43. The van der Waals surface area contributed by atoms with Gasteiger partial charge in [0.05, 0.1) is 0 Å². The van der Waals surface area contributed by atoms with Crippen LogP contribution < -0.4 is 5.73 Å². The molecule has 1 aromatic rings. The Morgan fingerprint density at radius 3 is 2.44 bits per heavy atom. The highest BCUT2D eigenvalue weighted by atomic mass is 19.1. The lowest BCUT2D eigenvalue weighted by Crippen LogP contribution is -2.43. The molecule has 0 saturated carbocycles. The molecule has 0 aliphatic carbocycles. The van der Waals surface area contributed by atoms with Crippen molar-refractivity contribution in [2.45, 2.75) is 45.6 Å². The van der Waals surface area contributed by atoms with Crippen LogP contribution in [0.25, 0.3) is 0 Å². The van der Waals surface area contributed by atoms with Crippen molar-refractivity contribution in [1.82, 2.24) is 0 Å². The van der Waals surface area contributed by atoms with E-state index in [4.69, 9.17) is 5.73 Å². The largest absolute Gasteiger partial charge is 0.321 e. The highest BCUT2D eigenvalue weighted by Gasteiger charge is 2.33. The Bertz CT molecular complexity index is 337. The Morgan fingerprint density at radius 2 is 1.94 bits per heavy atom. The summed E-state index contributed by atoms with van der Waals surface area (Å²) in [6.45, 7) is 6.27. The maximum atomic E-state index is 13.8. The van der Waals surface area contributed by atoms with E-state index in [9.17, 15) is 4.39 Å². The number of hydrogen-bond donors (Lipinski definition) is 1. The number of benzene rings is 1. The SMILES string of the molecule is CCCC(C)C(N)(CC)c1ccccc1F. The predicted molar refractivity (Wildman–Crippen MR) is 66.6 cm³/mol. The second-order valence-corrected chi connectivity index (χ2v) is 4.56. The average Bonchev–Trinajstić information content (AvgIpc) is 2.29. The molecule has 0 heterocycles. The molecular formula is C14H22FN. The lowest BCUT2D eigenvalue weighted by Gasteiger charge is -2.35. The molecule has 2 atom stereocenters. The minimum absolute atomic E-state index is 0.185. The van der Waals surface area contributed by atoms with E-state index in [1.807, 2.05) is 19.1 Å². The van der Waals surface area contributed by atoms with Crippen LogP contribution in [0, 0.1) is 11.7 Å². The molecule has 0 radical (unpaired) electrons. The van der Waals surface area contributed by atoms with Gasteiger partial charge in [0, 0.05) is 11.1 Å².